The average Bonchev–Trinajstić information content (AvgIpc) is 3.14. The summed E-state index contributed by atoms with van der Waals surface area (Å²) < 4.78 is 52.1. The molecule has 2 heterocycles. The van der Waals surface area contributed by atoms with Crippen molar-refractivity contribution in [1.82, 2.24) is 14.9 Å². The molecule has 5 atom stereocenters. The van der Waals surface area contributed by atoms with Crippen LogP contribution in [0, 0.1) is 11.8 Å². The first-order valence-electron chi connectivity index (χ1n) is 10.4. The summed E-state index contributed by atoms with van der Waals surface area (Å²) in [6.45, 7) is -0.914. The van der Waals surface area contributed by atoms with Gasteiger partial charge in [0.05, 0.1) is 24.8 Å². The fourth-order valence-electron chi connectivity index (χ4n) is 2.88. The number of aromatic nitrogens is 2. The molecule has 0 bridgehead atoms. The maximum Gasteiger partial charge on any atom is 0.490 e. The first-order valence-corrected chi connectivity index (χ1v) is 17.7. The number of ether oxygens (including phenoxy) is 1. The largest absolute Gasteiger partial charge is 0.490 e. The zero-order chi connectivity index (χ0) is 29.4. The van der Waals surface area contributed by atoms with Crippen molar-refractivity contribution in [3.63, 3.8) is 0 Å². The maximum atomic E-state index is 12.4. The van der Waals surface area contributed by atoms with Crippen LogP contribution in [-0.2, 0) is 36.4 Å². The topological polar surface area (TPSA) is 279 Å². The Morgan fingerprint density at radius 1 is 1.28 bits per heavy atom. The van der Waals surface area contributed by atoms with E-state index in [1.807, 2.05) is 6.26 Å². The Kier molecular flexibility index (Phi) is 12.7. The normalized spacial score (nSPS) is 22.4. The van der Waals surface area contributed by atoms with Crippen LogP contribution in [0.3, 0.4) is 0 Å². The van der Waals surface area contributed by atoms with Crippen LogP contribution in [0.5, 0.6) is 0 Å². The number of nitrogens with two attached hydrogens (primary N) is 1. The molecule has 220 valence electrons. The van der Waals surface area contributed by atoms with Gasteiger partial charge in [-0.3, -0.25) is 13.9 Å². The van der Waals surface area contributed by atoms with Crippen LogP contribution in [0.2, 0.25) is 0 Å². The van der Waals surface area contributed by atoms with E-state index < -0.39 is 54.2 Å². The number of amides is 1. The Morgan fingerprint density at radius 2 is 1.97 bits per heavy atom. The van der Waals surface area contributed by atoms with Crippen molar-refractivity contribution in [2.24, 2.45) is 0 Å². The smallest absolute Gasteiger partial charge is 0.390 e. The summed E-state index contributed by atoms with van der Waals surface area (Å²) in [5.41, 5.74) is 4.98. The number of phosphoric ester groups is 1. The summed E-state index contributed by atoms with van der Waals surface area (Å²) in [5.74, 6) is 5.58. The van der Waals surface area contributed by atoms with E-state index in [4.69, 9.17) is 20.3 Å². The van der Waals surface area contributed by atoms with E-state index in [2.05, 4.69) is 35.3 Å². The minimum absolute atomic E-state index is 0.00263. The maximum absolute atomic E-state index is 12.4. The number of nitrogen functional groups attached to an aromatic ring is 1. The lowest BCUT2D eigenvalue weighted by Crippen LogP contribution is -2.29. The molecule has 1 fully saturated rings. The Hall–Kier alpha value is -1.26. The number of anilines is 1. The second kappa shape index (κ2) is 14.6. The summed E-state index contributed by atoms with van der Waals surface area (Å²) in [4.78, 5) is 63.6. The molecule has 1 aromatic rings. The van der Waals surface area contributed by atoms with Gasteiger partial charge in [0.15, 0.2) is 0 Å². The van der Waals surface area contributed by atoms with Gasteiger partial charge in [-0.15, -0.1) is 0 Å². The number of phosphoric acid groups is 3. The number of carbonyl (C=O) groups excluding carboxylic acids is 1. The van der Waals surface area contributed by atoms with Crippen LogP contribution < -0.4 is 16.7 Å². The molecular weight excluding hydrogens is 629 g/mol. The molecule has 1 aliphatic heterocycles. The molecule has 0 radical (unpaired) electrons. The number of carbonyl (C=O) groups is 1. The fourth-order valence-corrected chi connectivity index (χ4v) is 7.09. The number of hydrogen-bond donors (Lipinski definition) is 7. The first kappa shape index (κ1) is 33.9. The molecule has 0 aromatic carbocycles. The Bertz CT molecular complexity index is 1300. The van der Waals surface area contributed by atoms with Gasteiger partial charge >= 0.3 is 29.2 Å². The minimum atomic E-state index is -5.72. The predicted molar refractivity (Wildman–Crippen MR) is 138 cm³/mol. The van der Waals surface area contributed by atoms with Crippen LogP contribution in [0.1, 0.15) is 24.6 Å². The number of rotatable bonds is 13. The highest BCUT2D eigenvalue weighted by atomic mass is 33.1. The molecule has 1 saturated heterocycles. The fraction of sp³-hybridized carbons (Fsp3) is 0.562. The molecular formula is C16H25N4O14P3S2. The van der Waals surface area contributed by atoms with Crippen LogP contribution >= 0.6 is 45.1 Å². The quantitative estimate of drug-likeness (QED) is 0.0621. The molecule has 8 N–H and O–H groups in total. The van der Waals surface area contributed by atoms with Gasteiger partial charge in [0.1, 0.15) is 18.1 Å². The van der Waals surface area contributed by atoms with Gasteiger partial charge in [-0.1, -0.05) is 33.4 Å². The number of hydrogen-bond acceptors (Lipinski definition) is 14. The molecule has 23 heteroatoms. The standard InChI is InChI=1S/C16H25N4O14P3S2/c1-38-39-6-4-13(22)18-5-2-3-10-8-20(16(23)19-15(10)17)14-7-11(21)12(32-14)9-31-36(27,28)34-37(29,30)33-35(24,25)26/h8,11-12,14,21H,4-7,9H2,1H3,(H,18,22)(H,27,28)(H,29,30)(H2,17,19,23)(H2,24,25,26)/t11-,12-,14-/m1/s1. The van der Waals surface area contributed by atoms with Gasteiger partial charge < -0.3 is 40.5 Å². The Labute approximate surface area is 228 Å². The highest BCUT2D eigenvalue weighted by Crippen LogP contribution is 2.66. The Balaban J connectivity index is 2.02. The van der Waals surface area contributed by atoms with Crippen molar-refractivity contribution in [3.8, 4) is 11.8 Å². The highest BCUT2D eigenvalue weighted by Gasteiger charge is 2.43. The summed E-state index contributed by atoms with van der Waals surface area (Å²) >= 11 is 0. The predicted octanol–water partition coefficient (Wildman–Crippen LogP) is -0.314. The first-order chi connectivity index (χ1) is 18.0. The molecule has 2 rings (SSSR count). The molecule has 1 aliphatic rings. The van der Waals surface area contributed by atoms with Crippen molar-refractivity contribution in [2.75, 3.05) is 30.9 Å². The molecule has 1 amide bonds. The van der Waals surface area contributed by atoms with Gasteiger partial charge in [-0.25, -0.2) is 18.5 Å². The SMILES string of the molecule is CSSCCC(=O)NCC#Cc1cn([C@H]2C[C@@H](O)[C@@H](COP(=O)(O)OP(=O)(O)OP(=O)(O)O)O2)c(=O)nc1N. The van der Waals surface area contributed by atoms with E-state index >= 15 is 0 Å². The van der Waals surface area contributed by atoms with E-state index in [1.54, 1.807) is 10.8 Å². The second-order valence-electron chi connectivity index (χ2n) is 7.37. The zero-order valence-electron chi connectivity index (χ0n) is 19.9. The van der Waals surface area contributed by atoms with Crippen molar-refractivity contribution < 1.29 is 61.1 Å². The van der Waals surface area contributed by atoms with E-state index in [0.717, 1.165) is 4.57 Å². The molecule has 0 spiro atoms. The van der Waals surface area contributed by atoms with Crippen molar-refractivity contribution in [2.45, 2.75) is 31.3 Å². The Morgan fingerprint density at radius 3 is 2.62 bits per heavy atom. The van der Waals surface area contributed by atoms with Gasteiger partial charge in [0, 0.05) is 24.8 Å². The van der Waals surface area contributed by atoms with Gasteiger partial charge in [-0.05, 0) is 6.26 Å². The van der Waals surface area contributed by atoms with Crippen LogP contribution in [0.15, 0.2) is 11.0 Å². The number of nitrogens with one attached hydrogen (secondary N) is 1. The number of aliphatic hydroxyl groups is 1. The third-order valence-electron chi connectivity index (χ3n) is 4.44. The second-order valence-corrected chi connectivity index (χ2v) is 14.5. The monoisotopic (exact) mass is 654 g/mol. The van der Waals surface area contributed by atoms with E-state index in [-0.39, 0.29) is 30.3 Å². The summed E-state index contributed by atoms with van der Waals surface area (Å²) in [5, 5.41) is 12.8. The lowest BCUT2D eigenvalue weighted by Gasteiger charge is -2.19. The molecule has 0 aliphatic carbocycles. The average molecular weight is 654 g/mol. The highest BCUT2D eigenvalue weighted by molar-refractivity contribution is 8.76. The van der Waals surface area contributed by atoms with Crippen molar-refractivity contribution in [3.05, 3.63) is 22.2 Å². The summed E-state index contributed by atoms with van der Waals surface area (Å²) in [7, 11) is -13.7. The van der Waals surface area contributed by atoms with E-state index in [0.29, 0.717) is 12.2 Å². The summed E-state index contributed by atoms with van der Waals surface area (Å²) in [6, 6.07) is 0. The number of aliphatic hydroxyl groups excluding tert-OH is 1. The van der Waals surface area contributed by atoms with Gasteiger partial charge in [-0.2, -0.15) is 13.6 Å². The van der Waals surface area contributed by atoms with Crippen LogP contribution in [-0.4, -0.2) is 77.5 Å². The molecule has 39 heavy (non-hydrogen) atoms. The molecule has 1 aromatic heterocycles. The van der Waals surface area contributed by atoms with E-state index in [9.17, 15) is 38.2 Å². The lowest BCUT2D eigenvalue weighted by molar-refractivity contribution is -0.120. The summed E-state index contributed by atoms with van der Waals surface area (Å²) in [6.07, 6.45) is -0.715. The molecule has 2 unspecified atom stereocenters. The molecule has 18 nitrogen and oxygen atoms in total. The van der Waals surface area contributed by atoms with Crippen LogP contribution in [0.25, 0.3) is 0 Å². The van der Waals surface area contributed by atoms with E-state index in [1.165, 1.54) is 17.0 Å². The number of nitrogens with zero attached hydrogens (tertiary/aromatic N) is 2. The van der Waals surface area contributed by atoms with Crippen LogP contribution in [0.4, 0.5) is 5.82 Å². The third kappa shape index (κ3) is 12.0. The zero-order valence-corrected chi connectivity index (χ0v) is 24.2. The van der Waals surface area contributed by atoms with Crippen molar-refractivity contribution >= 4 is 56.8 Å². The third-order valence-corrected chi connectivity index (χ3v) is 10.1. The van der Waals surface area contributed by atoms with Crippen molar-refractivity contribution in [1.29, 1.82) is 0 Å². The molecule has 0 saturated carbocycles. The van der Waals surface area contributed by atoms with Gasteiger partial charge in [0.2, 0.25) is 5.91 Å². The van der Waals surface area contributed by atoms with Gasteiger partial charge in [0.25, 0.3) is 0 Å². The minimum Gasteiger partial charge on any atom is -0.390 e. The lowest BCUT2D eigenvalue weighted by atomic mass is 10.2.